The molecule has 7 heteroatoms. The average molecular weight is 369 g/mol. The molecule has 0 aliphatic carbocycles. The highest BCUT2D eigenvalue weighted by Crippen LogP contribution is 2.36. The van der Waals surface area contributed by atoms with Crippen LogP contribution in [-0.2, 0) is 6.18 Å². The van der Waals surface area contributed by atoms with E-state index in [2.05, 4.69) is 20.9 Å². The van der Waals surface area contributed by atoms with Crippen LogP contribution in [0.2, 0.25) is 5.02 Å². The Kier molecular flexibility index (Phi) is 4.43. The molecule has 19 heavy (non-hydrogen) atoms. The molecule has 0 radical (unpaired) electrons. The van der Waals surface area contributed by atoms with Crippen LogP contribution >= 0.6 is 39.3 Å². The second-order valence-corrected chi connectivity index (χ2v) is 5.95. The van der Waals surface area contributed by atoms with Crippen molar-refractivity contribution in [3.8, 4) is 0 Å². The van der Waals surface area contributed by atoms with Crippen molar-refractivity contribution in [2.24, 2.45) is 0 Å². The summed E-state index contributed by atoms with van der Waals surface area (Å²) >= 11 is 10.3. The predicted octanol–water partition coefficient (Wildman–Crippen LogP) is 5.67. The molecule has 0 saturated heterocycles. The quantitative estimate of drug-likeness (QED) is 0.677. The number of hydrogen-bond donors (Lipinski definition) is 0. The monoisotopic (exact) mass is 367 g/mol. The zero-order valence-corrected chi connectivity index (χ0v) is 12.4. The molecule has 2 aromatic rings. The Morgan fingerprint density at radius 2 is 1.79 bits per heavy atom. The van der Waals surface area contributed by atoms with E-state index in [9.17, 15) is 13.2 Å². The van der Waals surface area contributed by atoms with Crippen LogP contribution in [0, 0.1) is 0 Å². The van der Waals surface area contributed by atoms with E-state index in [0.717, 1.165) is 21.6 Å². The molecule has 0 bridgehead atoms. The third kappa shape index (κ3) is 3.87. The highest BCUT2D eigenvalue weighted by molar-refractivity contribution is 9.10. The summed E-state index contributed by atoms with van der Waals surface area (Å²) in [4.78, 5) is 4.61. The van der Waals surface area contributed by atoms with E-state index >= 15 is 0 Å². The molecule has 0 N–H and O–H groups in total. The van der Waals surface area contributed by atoms with Crippen molar-refractivity contribution in [2.45, 2.75) is 16.1 Å². The standard InChI is InChI=1S/C12H6BrClF3NS/c13-8-1-3-9(4-2-8)19-11-10(14)5-7(6-18-11)12(15,16)17/h1-6H. The number of pyridine rings is 1. The Bertz CT molecular complexity index is 587. The highest BCUT2D eigenvalue weighted by atomic mass is 79.9. The van der Waals surface area contributed by atoms with Gasteiger partial charge in [-0.15, -0.1) is 0 Å². The Labute approximate surface area is 125 Å². The van der Waals surface area contributed by atoms with Gasteiger partial charge in [-0.1, -0.05) is 39.3 Å². The summed E-state index contributed by atoms with van der Waals surface area (Å²) in [6.07, 6.45) is -3.65. The highest BCUT2D eigenvalue weighted by Gasteiger charge is 2.31. The van der Waals surface area contributed by atoms with Crippen LogP contribution < -0.4 is 0 Å². The summed E-state index contributed by atoms with van der Waals surface area (Å²) in [6, 6.07) is 8.20. The van der Waals surface area contributed by atoms with Crippen molar-refractivity contribution in [2.75, 3.05) is 0 Å². The molecule has 0 aliphatic rings. The lowest BCUT2D eigenvalue weighted by Gasteiger charge is -2.08. The molecule has 0 saturated carbocycles. The van der Waals surface area contributed by atoms with E-state index in [4.69, 9.17) is 11.6 Å². The largest absolute Gasteiger partial charge is 0.417 e. The second-order valence-electron chi connectivity index (χ2n) is 3.56. The lowest BCUT2D eigenvalue weighted by molar-refractivity contribution is -0.137. The van der Waals surface area contributed by atoms with E-state index in [1.165, 1.54) is 11.8 Å². The summed E-state index contributed by atoms with van der Waals surface area (Å²) < 4.78 is 38.3. The summed E-state index contributed by atoms with van der Waals surface area (Å²) in [5.41, 5.74) is -0.849. The lowest BCUT2D eigenvalue weighted by Crippen LogP contribution is -2.05. The minimum atomic E-state index is -4.43. The summed E-state index contributed by atoms with van der Waals surface area (Å²) in [5.74, 6) is 0. The van der Waals surface area contributed by atoms with Crippen LogP contribution in [0.25, 0.3) is 0 Å². The molecule has 0 spiro atoms. The first-order valence-electron chi connectivity index (χ1n) is 5.02. The number of rotatable bonds is 2. The molecule has 0 fully saturated rings. The van der Waals surface area contributed by atoms with Crippen LogP contribution in [0.1, 0.15) is 5.56 Å². The van der Waals surface area contributed by atoms with E-state index in [1.807, 2.05) is 24.3 Å². The molecule has 1 heterocycles. The lowest BCUT2D eigenvalue weighted by atomic mass is 10.3. The third-order valence-corrected chi connectivity index (χ3v) is 4.12. The topological polar surface area (TPSA) is 12.9 Å². The van der Waals surface area contributed by atoms with Gasteiger partial charge in [0.05, 0.1) is 10.6 Å². The Hall–Kier alpha value is -0.720. The predicted molar refractivity (Wildman–Crippen MR) is 72.5 cm³/mol. The van der Waals surface area contributed by atoms with Gasteiger partial charge in [-0.05, 0) is 30.3 Å². The molecule has 0 amide bonds. The zero-order chi connectivity index (χ0) is 14.0. The van der Waals surface area contributed by atoms with Crippen molar-refractivity contribution < 1.29 is 13.2 Å². The maximum Gasteiger partial charge on any atom is 0.417 e. The fourth-order valence-corrected chi connectivity index (χ4v) is 2.57. The molecule has 0 atom stereocenters. The van der Waals surface area contributed by atoms with Gasteiger partial charge in [0, 0.05) is 15.6 Å². The molecule has 100 valence electrons. The minimum absolute atomic E-state index is 0.0113. The van der Waals surface area contributed by atoms with Gasteiger partial charge in [0.1, 0.15) is 5.03 Å². The first-order valence-corrected chi connectivity index (χ1v) is 7.01. The Balaban J connectivity index is 2.24. The van der Waals surface area contributed by atoms with E-state index in [1.54, 1.807) is 0 Å². The number of alkyl halides is 3. The summed E-state index contributed by atoms with van der Waals surface area (Å²) in [5, 5.41) is 0.333. The fraction of sp³-hybridized carbons (Fsp3) is 0.0833. The maximum absolute atomic E-state index is 12.5. The summed E-state index contributed by atoms with van der Waals surface area (Å²) in [7, 11) is 0. The van der Waals surface area contributed by atoms with Gasteiger partial charge < -0.3 is 0 Å². The first kappa shape index (κ1) is 14.7. The maximum atomic E-state index is 12.5. The van der Waals surface area contributed by atoms with Gasteiger partial charge in [0.25, 0.3) is 0 Å². The Morgan fingerprint density at radius 3 is 2.32 bits per heavy atom. The van der Waals surface area contributed by atoms with E-state index < -0.39 is 11.7 Å². The van der Waals surface area contributed by atoms with Crippen LogP contribution in [-0.4, -0.2) is 4.98 Å². The molecule has 0 unspecified atom stereocenters. The van der Waals surface area contributed by atoms with E-state index in [-0.39, 0.29) is 5.02 Å². The number of halogens is 5. The SMILES string of the molecule is FC(F)(F)c1cnc(Sc2ccc(Br)cc2)c(Cl)c1. The zero-order valence-electron chi connectivity index (χ0n) is 9.21. The van der Waals surface area contributed by atoms with Crippen molar-refractivity contribution in [1.82, 2.24) is 4.98 Å². The van der Waals surface area contributed by atoms with Gasteiger partial charge in [0.15, 0.2) is 0 Å². The number of hydrogen-bond acceptors (Lipinski definition) is 2. The molecule has 1 nitrogen and oxygen atoms in total. The van der Waals surface area contributed by atoms with Gasteiger partial charge in [-0.3, -0.25) is 0 Å². The van der Waals surface area contributed by atoms with Crippen molar-refractivity contribution in [3.05, 3.63) is 51.6 Å². The summed E-state index contributed by atoms with van der Waals surface area (Å²) in [6.45, 7) is 0. The molecule has 1 aromatic heterocycles. The normalized spacial score (nSPS) is 11.6. The van der Waals surface area contributed by atoms with Crippen molar-refractivity contribution >= 4 is 39.3 Å². The second kappa shape index (κ2) is 5.73. The minimum Gasteiger partial charge on any atom is -0.247 e. The third-order valence-electron chi connectivity index (χ3n) is 2.16. The van der Waals surface area contributed by atoms with Crippen LogP contribution in [0.3, 0.4) is 0 Å². The van der Waals surface area contributed by atoms with Crippen LogP contribution in [0.5, 0.6) is 0 Å². The number of aromatic nitrogens is 1. The molecule has 0 aliphatic heterocycles. The Morgan fingerprint density at radius 1 is 1.16 bits per heavy atom. The van der Waals surface area contributed by atoms with Gasteiger partial charge in [-0.2, -0.15) is 13.2 Å². The average Bonchev–Trinajstić information content (AvgIpc) is 2.33. The number of benzene rings is 1. The van der Waals surface area contributed by atoms with Crippen molar-refractivity contribution in [1.29, 1.82) is 0 Å². The van der Waals surface area contributed by atoms with Crippen LogP contribution in [0.4, 0.5) is 13.2 Å². The molecular formula is C12H6BrClF3NS. The van der Waals surface area contributed by atoms with E-state index in [0.29, 0.717) is 5.03 Å². The molecular weight excluding hydrogens is 363 g/mol. The molecule has 1 aromatic carbocycles. The van der Waals surface area contributed by atoms with Gasteiger partial charge >= 0.3 is 6.18 Å². The smallest absolute Gasteiger partial charge is 0.247 e. The van der Waals surface area contributed by atoms with Gasteiger partial charge in [0.2, 0.25) is 0 Å². The van der Waals surface area contributed by atoms with Crippen LogP contribution in [0.15, 0.2) is 50.9 Å². The first-order chi connectivity index (χ1) is 8.86. The van der Waals surface area contributed by atoms with Crippen molar-refractivity contribution in [3.63, 3.8) is 0 Å². The van der Waals surface area contributed by atoms with Gasteiger partial charge in [-0.25, -0.2) is 4.98 Å². The number of nitrogens with zero attached hydrogens (tertiary/aromatic N) is 1. The fourth-order valence-electron chi connectivity index (χ4n) is 1.27. The molecule has 2 rings (SSSR count).